The highest BCUT2D eigenvalue weighted by molar-refractivity contribution is 5.74. The van der Waals surface area contributed by atoms with E-state index >= 15 is 0 Å². The number of aromatic amines is 1. The summed E-state index contributed by atoms with van der Waals surface area (Å²) in [5, 5.41) is 18.1. The Balaban J connectivity index is 1.65. The van der Waals surface area contributed by atoms with Gasteiger partial charge in [0.2, 0.25) is 0 Å². The molecule has 4 rings (SSSR count). The number of nitriles is 1. The Morgan fingerprint density at radius 1 is 1.24 bits per heavy atom. The lowest BCUT2D eigenvalue weighted by Gasteiger charge is -2.33. The molecule has 0 amide bonds. The Bertz CT molecular complexity index is 935. The summed E-state index contributed by atoms with van der Waals surface area (Å²) in [6.07, 6.45) is 2.12. The second-order valence-corrected chi connectivity index (χ2v) is 6.65. The van der Waals surface area contributed by atoms with Gasteiger partial charge in [0.05, 0.1) is 16.7 Å². The number of nitrogens with zero attached hydrogens (tertiary/aromatic N) is 5. The van der Waals surface area contributed by atoms with Crippen LogP contribution in [-0.2, 0) is 0 Å². The molecule has 0 bridgehead atoms. The number of benzene rings is 1. The Kier molecular flexibility index (Phi) is 3.85. The van der Waals surface area contributed by atoms with Crippen molar-refractivity contribution in [2.24, 2.45) is 0 Å². The summed E-state index contributed by atoms with van der Waals surface area (Å²) in [4.78, 5) is 10.4. The zero-order chi connectivity index (χ0) is 17.4. The van der Waals surface area contributed by atoms with Gasteiger partial charge in [0.1, 0.15) is 17.5 Å². The number of anilines is 1. The van der Waals surface area contributed by atoms with Crippen molar-refractivity contribution < 1.29 is 0 Å². The largest absolute Gasteiger partial charge is 0.353 e. The third-order valence-electron chi connectivity index (χ3n) is 5.06. The third-order valence-corrected chi connectivity index (χ3v) is 5.06. The molecule has 3 aromatic rings. The average Bonchev–Trinajstić information content (AvgIpc) is 3.08. The van der Waals surface area contributed by atoms with Gasteiger partial charge in [-0.15, -0.1) is 5.10 Å². The molecule has 0 radical (unpaired) electrons. The van der Waals surface area contributed by atoms with Gasteiger partial charge in [0.25, 0.3) is 0 Å². The molecule has 25 heavy (non-hydrogen) atoms. The van der Waals surface area contributed by atoms with Crippen LogP contribution in [0.2, 0.25) is 0 Å². The van der Waals surface area contributed by atoms with Crippen LogP contribution < -0.4 is 4.90 Å². The van der Waals surface area contributed by atoms with Crippen molar-refractivity contribution in [3.8, 4) is 6.07 Å². The highest BCUT2D eigenvalue weighted by Gasteiger charge is 2.27. The molecule has 1 atom stereocenters. The molecule has 0 unspecified atom stereocenters. The molecular formula is C19H20N6. The predicted octanol–water partition coefficient (Wildman–Crippen LogP) is 3.23. The maximum atomic E-state index is 9.57. The molecule has 1 aliphatic rings. The van der Waals surface area contributed by atoms with Crippen molar-refractivity contribution in [1.82, 2.24) is 20.2 Å². The second-order valence-electron chi connectivity index (χ2n) is 6.65. The zero-order valence-electron chi connectivity index (χ0n) is 14.5. The van der Waals surface area contributed by atoms with Crippen molar-refractivity contribution in [1.29, 1.82) is 5.26 Å². The molecule has 0 saturated carbocycles. The van der Waals surface area contributed by atoms with Gasteiger partial charge in [-0.2, -0.15) is 10.4 Å². The van der Waals surface area contributed by atoms with Crippen molar-refractivity contribution in [3.63, 3.8) is 0 Å². The third kappa shape index (κ3) is 2.72. The lowest BCUT2D eigenvalue weighted by molar-refractivity contribution is 0.490. The summed E-state index contributed by atoms with van der Waals surface area (Å²) in [6.45, 7) is 5.52. The number of aromatic nitrogens is 4. The van der Waals surface area contributed by atoms with Crippen molar-refractivity contribution in [2.45, 2.75) is 32.6 Å². The van der Waals surface area contributed by atoms with Crippen molar-refractivity contribution in [2.75, 3.05) is 18.0 Å². The number of nitrogens with one attached hydrogen (secondary N) is 1. The first-order valence-electron chi connectivity index (χ1n) is 8.61. The van der Waals surface area contributed by atoms with E-state index in [2.05, 4.69) is 32.2 Å². The second kappa shape index (κ2) is 6.17. The number of imidazole rings is 1. The SMILES string of the molecule is Cc1nnc(N2CCC[C@H](c3nc4ccccc4[nH]3)C2)c(C#N)c1C. The predicted molar refractivity (Wildman–Crippen MR) is 96.5 cm³/mol. The minimum Gasteiger partial charge on any atom is -0.353 e. The molecule has 0 aliphatic carbocycles. The summed E-state index contributed by atoms with van der Waals surface area (Å²) < 4.78 is 0. The van der Waals surface area contributed by atoms with Crippen LogP contribution in [-0.4, -0.2) is 33.3 Å². The number of hydrogen-bond acceptors (Lipinski definition) is 5. The van der Waals surface area contributed by atoms with Crippen LogP contribution in [0.5, 0.6) is 0 Å². The molecule has 3 heterocycles. The summed E-state index contributed by atoms with van der Waals surface area (Å²) >= 11 is 0. The van der Waals surface area contributed by atoms with E-state index in [0.717, 1.165) is 54.0 Å². The summed E-state index contributed by atoms with van der Waals surface area (Å²) in [6, 6.07) is 10.4. The number of rotatable bonds is 2. The first-order chi connectivity index (χ1) is 12.2. The molecular weight excluding hydrogens is 312 g/mol. The van der Waals surface area contributed by atoms with Gasteiger partial charge >= 0.3 is 0 Å². The molecule has 1 saturated heterocycles. The van der Waals surface area contributed by atoms with E-state index < -0.39 is 0 Å². The van der Waals surface area contributed by atoms with Crippen LogP contribution in [0.1, 0.15) is 41.4 Å². The highest BCUT2D eigenvalue weighted by Crippen LogP contribution is 2.31. The molecule has 1 fully saturated rings. The molecule has 6 heteroatoms. The smallest absolute Gasteiger partial charge is 0.169 e. The fourth-order valence-electron chi connectivity index (χ4n) is 3.51. The molecule has 1 aromatic carbocycles. The van der Waals surface area contributed by atoms with Crippen LogP contribution in [0.3, 0.4) is 0 Å². The topological polar surface area (TPSA) is 81.5 Å². The molecule has 1 N–H and O–H groups in total. The number of piperidine rings is 1. The maximum absolute atomic E-state index is 9.57. The van der Waals surface area contributed by atoms with Crippen LogP contribution in [0, 0.1) is 25.2 Å². The van der Waals surface area contributed by atoms with E-state index in [1.54, 1.807) is 0 Å². The lowest BCUT2D eigenvalue weighted by atomic mass is 9.96. The standard InChI is InChI=1S/C19H20N6/c1-12-13(2)23-24-19(15(12)10-20)25-9-5-6-14(11-25)18-21-16-7-3-4-8-17(16)22-18/h3-4,7-8,14H,5-6,9,11H2,1-2H3,(H,21,22)/t14-/m0/s1. The van der Waals surface area contributed by atoms with E-state index in [0.29, 0.717) is 17.3 Å². The number of aryl methyl sites for hydroxylation is 1. The Morgan fingerprint density at radius 3 is 2.88 bits per heavy atom. The van der Waals surface area contributed by atoms with E-state index in [1.807, 2.05) is 32.0 Å². The Hall–Kier alpha value is -2.94. The fraction of sp³-hybridized carbons (Fsp3) is 0.368. The van der Waals surface area contributed by atoms with Crippen LogP contribution >= 0.6 is 0 Å². The minimum absolute atomic E-state index is 0.302. The summed E-state index contributed by atoms with van der Waals surface area (Å²) in [5.41, 5.74) is 4.43. The maximum Gasteiger partial charge on any atom is 0.169 e. The number of hydrogen-bond donors (Lipinski definition) is 1. The van der Waals surface area contributed by atoms with Crippen molar-refractivity contribution in [3.05, 3.63) is 46.9 Å². The van der Waals surface area contributed by atoms with E-state index in [9.17, 15) is 5.26 Å². The molecule has 0 spiro atoms. The lowest BCUT2D eigenvalue weighted by Crippen LogP contribution is -2.36. The molecule has 1 aliphatic heterocycles. The highest BCUT2D eigenvalue weighted by atomic mass is 15.3. The Morgan fingerprint density at radius 2 is 2.08 bits per heavy atom. The van der Waals surface area contributed by atoms with E-state index in [4.69, 9.17) is 4.98 Å². The summed E-state index contributed by atoms with van der Waals surface area (Å²) in [7, 11) is 0. The summed E-state index contributed by atoms with van der Waals surface area (Å²) in [5.74, 6) is 2.02. The van der Waals surface area contributed by atoms with Gasteiger partial charge in [-0.05, 0) is 44.4 Å². The fourth-order valence-corrected chi connectivity index (χ4v) is 3.51. The first kappa shape index (κ1) is 15.6. The van der Waals surface area contributed by atoms with Crippen molar-refractivity contribution >= 4 is 16.9 Å². The Labute approximate surface area is 146 Å². The van der Waals surface area contributed by atoms with Gasteiger partial charge in [-0.1, -0.05) is 12.1 Å². The number of fused-ring (bicyclic) bond motifs is 1. The van der Waals surface area contributed by atoms with Gasteiger partial charge < -0.3 is 9.88 Å². The number of H-pyrrole nitrogens is 1. The minimum atomic E-state index is 0.302. The number of para-hydroxylation sites is 2. The average molecular weight is 332 g/mol. The van der Waals surface area contributed by atoms with Gasteiger partial charge in [0, 0.05) is 19.0 Å². The van der Waals surface area contributed by atoms with Crippen LogP contribution in [0.4, 0.5) is 5.82 Å². The zero-order valence-corrected chi connectivity index (χ0v) is 14.5. The quantitative estimate of drug-likeness (QED) is 0.779. The molecule has 2 aromatic heterocycles. The molecule has 6 nitrogen and oxygen atoms in total. The van der Waals surface area contributed by atoms with Crippen LogP contribution in [0.15, 0.2) is 24.3 Å². The van der Waals surface area contributed by atoms with Gasteiger partial charge in [0.15, 0.2) is 5.82 Å². The normalized spacial score (nSPS) is 17.6. The van der Waals surface area contributed by atoms with Gasteiger partial charge in [-0.25, -0.2) is 4.98 Å². The monoisotopic (exact) mass is 332 g/mol. The van der Waals surface area contributed by atoms with Crippen LogP contribution in [0.25, 0.3) is 11.0 Å². The first-order valence-corrected chi connectivity index (χ1v) is 8.61. The van der Waals surface area contributed by atoms with E-state index in [-0.39, 0.29) is 0 Å². The molecule has 126 valence electrons. The van der Waals surface area contributed by atoms with E-state index in [1.165, 1.54) is 0 Å². The van der Waals surface area contributed by atoms with Gasteiger partial charge in [-0.3, -0.25) is 0 Å².